The van der Waals surface area contributed by atoms with E-state index in [4.69, 9.17) is 5.73 Å². The Morgan fingerprint density at radius 1 is 1.13 bits per heavy atom. The zero-order valence-electron chi connectivity index (χ0n) is 9.93. The third kappa shape index (κ3) is 2.72. The second kappa shape index (κ2) is 5.17. The zero-order chi connectivity index (χ0) is 11.4. The van der Waals surface area contributed by atoms with Crippen LogP contribution in [0.15, 0.2) is 6.07 Å². The summed E-state index contributed by atoms with van der Waals surface area (Å²) in [5.74, 6) is 0.476. The van der Waals surface area contributed by atoms with E-state index in [-0.39, 0.29) is 0 Å². The number of benzene rings is 1. The van der Waals surface area contributed by atoms with Crippen LogP contribution in [-0.4, -0.2) is 11.7 Å². The van der Waals surface area contributed by atoms with Gasteiger partial charge in [0, 0.05) is 0 Å². The molecule has 2 heteroatoms. The predicted molar refractivity (Wildman–Crippen MR) is 64.3 cm³/mol. The molecule has 0 unspecified atom stereocenters. The average molecular weight is 207 g/mol. The number of hydrogen-bond donors (Lipinski definition) is 2. The number of unbranched alkanes of at least 4 members (excludes halogenated alkanes) is 1. The van der Waals surface area contributed by atoms with Crippen molar-refractivity contribution in [1.29, 1.82) is 0 Å². The molecule has 0 radical (unpaired) electrons. The number of aromatic hydroxyl groups is 1. The van der Waals surface area contributed by atoms with Gasteiger partial charge in [-0.05, 0) is 68.8 Å². The Morgan fingerprint density at radius 2 is 1.80 bits per heavy atom. The number of phenolic OH excluding ortho intramolecular Hbond substituents is 1. The molecule has 0 saturated heterocycles. The van der Waals surface area contributed by atoms with Gasteiger partial charge in [0.05, 0.1) is 0 Å². The molecule has 0 aromatic heterocycles. The second-order valence-corrected chi connectivity index (χ2v) is 4.21. The van der Waals surface area contributed by atoms with Crippen molar-refractivity contribution < 1.29 is 5.11 Å². The van der Waals surface area contributed by atoms with Crippen LogP contribution >= 0.6 is 0 Å². The molecule has 1 rings (SSSR count). The maximum atomic E-state index is 10.0. The quantitative estimate of drug-likeness (QED) is 0.745. The first kappa shape index (κ1) is 12.1. The summed E-state index contributed by atoms with van der Waals surface area (Å²) in [5.41, 5.74) is 9.90. The Balaban J connectivity index is 2.92. The van der Waals surface area contributed by atoms with E-state index in [2.05, 4.69) is 13.0 Å². The summed E-state index contributed by atoms with van der Waals surface area (Å²) in [6, 6.07) is 2.15. The van der Waals surface area contributed by atoms with Crippen molar-refractivity contribution in [3.8, 4) is 5.75 Å². The van der Waals surface area contributed by atoms with E-state index in [1.54, 1.807) is 0 Å². The third-order valence-electron chi connectivity index (χ3n) is 3.02. The minimum Gasteiger partial charge on any atom is -0.507 e. The fourth-order valence-electron chi connectivity index (χ4n) is 1.88. The summed E-state index contributed by atoms with van der Waals surface area (Å²) < 4.78 is 0. The number of phenols is 1. The normalized spacial score (nSPS) is 10.7. The predicted octanol–water partition coefficient (Wildman–Crippen LogP) is 2.60. The van der Waals surface area contributed by atoms with Gasteiger partial charge in [0.1, 0.15) is 5.75 Å². The summed E-state index contributed by atoms with van der Waals surface area (Å²) in [5, 5.41) is 10.0. The number of rotatable bonds is 4. The first-order chi connectivity index (χ1) is 7.07. The molecular weight excluding hydrogens is 186 g/mol. The van der Waals surface area contributed by atoms with Crippen LogP contribution in [0.25, 0.3) is 0 Å². The molecule has 1 aromatic rings. The van der Waals surface area contributed by atoms with Crippen LogP contribution in [0.2, 0.25) is 0 Å². The molecule has 0 fully saturated rings. The molecule has 0 atom stereocenters. The van der Waals surface area contributed by atoms with E-state index >= 15 is 0 Å². The summed E-state index contributed by atoms with van der Waals surface area (Å²) in [4.78, 5) is 0. The fourth-order valence-corrected chi connectivity index (χ4v) is 1.88. The van der Waals surface area contributed by atoms with Crippen molar-refractivity contribution in [3.05, 3.63) is 28.3 Å². The number of hydrogen-bond acceptors (Lipinski definition) is 2. The highest BCUT2D eigenvalue weighted by atomic mass is 16.3. The Bertz CT molecular complexity index is 345. The summed E-state index contributed by atoms with van der Waals surface area (Å²) in [6.07, 6.45) is 3.00. The summed E-state index contributed by atoms with van der Waals surface area (Å²) >= 11 is 0. The van der Waals surface area contributed by atoms with Crippen molar-refractivity contribution in [1.82, 2.24) is 0 Å². The molecular formula is C13H21NO. The lowest BCUT2D eigenvalue weighted by Gasteiger charge is -2.13. The van der Waals surface area contributed by atoms with Crippen LogP contribution in [-0.2, 0) is 6.42 Å². The standard InChI is InChI=1S/C13H21NO/c1-9-8-10(2)12(6-4-5-7-14)13(15)11(9)3/h8,15H,4-7,14H2,1-3H3. The monoisotopic (exact) mass is 207 g/mol. The van der Waals surface area contributed by atoms with E-state index in [1.165, 1.54) is 5.56 Å². The molecule has 84 valence electrons. The van der Waals surface area contributed by atoms with Gasteiger partial charge in [-0.15, -0.1) is 0 Å². The molecule has 3 N–H and O–H groups in total. The van der Waals surface area contributed by atoms with Gasteiger partial charge in [0.25, 0.3) is 0 Å². The van der Waals surface area contributed by atoms with Crippen LogP contribution in [0, 0.1) is 20.8 Å². The molecule has 0 aliphatic carbocycles. The third-order valence-corrected chi connectivity index (χ3v) is 3.02. The van der Waals surface area contributed by atoms with E-state index in [1.807, 2.05) is 13.8 Å². The van der Waals surface area contributed by atoms with Gasteiger partial charge in [-0.2, -0.15) is 0 Å². The van der Waals surface area contributed by atoms with Crippen LogP contribution in [0.4, 0.5) is 0 Å². The largest absolute Gasteiger partial charge is 0.507 e. The topological polar surface area (TPSA) is 46.2 Å². The highest BCUT2D eigenvalue weighted by Crippen LogP contribution is 2.29. The van der Waals surface area contributed by atoms with Gasteiger partial charge in [0.15, 0.2) is 0 Å². The van der Waals surface area contributed by atoms with Crippen LogP contribution < -0.4 is 5.73 Å². The molecule has 0 heterocycles. The minimum atomic E-state index is 0.476. The van der Waals surface area contributed by atoms with Crippen molar-refractivity contribution in [2.45, 2.75) is 40.0 Å². The van der Waals surface area contributed by atoms with Crippen molar-refractivity contribution in [2.75, 3.05) is 6.54 Å². The minimum absolute atomic E-state index is 0.476. The first-order valence-electron chi connectivity index (χ1n) is 5.56. The smallest absolute Gasteiger partial charge is 0.122 e. The molecule has 0 saturated carbocycles. The SMILES string of the molecule is Cc1cc(C)c(CCCCN)c(O)c1C. The van der Waals surface area contributed by atoms with E-state index < -0.39 is 0 Å². The molecule has 0 aliphatic heterocycles. The number of aryl methyl sites for hydroxylation is 2. The summed E-state index contributed by atoms with van der Waals surface area (Å²) in [6.45, 7) is 6.79. The van der Waals surface area contributed by atoms with Gasteiger partial charge in [0.2, 0.25) is 0 Å². The molecule has 0 spiro atoms. The highest BCUT2D eigenvalue weighted by molar-refractivity contribution is 5.48. The van der Waals surface area contributed by atoms with Crippen molar-refractivity contribution in [2.24, 2.45) is 5.73 Å². The molecule has 2 nitrogen and oxygen atoms in total. The molecule has 0 bridgehead atoms. The first-order valence-corrected chi connectivity index (χ1v) is 5.56. The molecule has 0 amide bonds. The van der Waals surface area contributed by atoms with Crippen LogP contribution in [0.5, 0.6) is 5.75 Å². The Kier molecular flexibility index (Phi) is 4.15. The highest BCUT2D eigenvalue weighted by Gasteiger charge is 2.09. The lowest BCUT2D eigenvalue weighted by Crippen LogP contribution is -2.01. The Morgan fingerprint density at radius 3 is 2.40 bits per heavy atom. The lowest BCUT2D eigenvalue weighted by atomic mass is 9.95. The van der Waals surface area contributed by atoms with Crippen LogP contribution in [0.1, 0.15) is 35.1 Å². The van der Waals surface area contributed by atoms with Gasteiger partial charge >= 0.3 is 0 Å². The lowest BCUT2D eigenvalue weighted by molar-refractivity contribution is 0.461. The summed E-state index contributed by atoms with van der Waals surface area (Å²) in [7, 11) is 0. The van der Waals surface area contributed by atoms with Gasteiger partial charge < -0.3 is 10.8 Å². The zero-order valence-corrected chi connectivity index (χ0v) is 9.93. The van der Waals surface area contributed by atoms with E-state index in [0.29, 0.717) is 5.75 Å². The number of nitrogens with two attached hydrogens (primary N) is 1. The Labute approximate surface area is 92.1 Å². The molecule has 0 aliphatic rings. The Hall–Kier alpha value is -1.02. The van der Waals surface area contributed by atoms with E-state index in [0.717, 1.165) is 42.5 Å². The average Bonchev–Trinajstić information content (AvgIpc) is 2.20. The molecule has 15 heavy (non-hydrogen) atoms. The van der Waals surface area contributed by atoms with Gasteiger partial charge in [-0.25, -0.2) is 0 Å². The van der Waals surface area contributed by atoms with Gasteiger partial charge in [-0.1, -0.05) is 6.07 Å². The van der Waals surface area contributed by atoms with Crippen LogP contribution in [0.3, 0.4) is 0 Å². The second-order valence-electron chi connectivity index (χ2n) is 4.21. The maximum Gasteiger partial charge on any atom is 0.122 e. The van der Waals surface area contributed by atoms with E-state index in [9.17, 15) is 5.11 Å². The van der Waals surface area contributed by atoms with Gasteiger partial charge in [-0.3, -0.25) is 0 Å². The van der Waals surface area contributed by atoms with Crippen molar-refractivity contribution >= 4 is 0 Å². The maximum absolute atomic E-state index is 10.0. The fraction of sp³-hybridized carbons (Fsp3) is 0.538. The molecule has 1 aromatic carbocycles. The van der Waals surface area contributed by atoms with Crippen molar-refractivity contribution in [3.63, 3.8) is 0 Å².